The molecule has 1 heterocycles. The number of ketones is 1. The van der Waals surface area contributed by atoms with E-state index in [4.69, 9.17) is 19.6 Å². The molecule has 0 aromatic heterocycles. The summed E-state index contributed by atoms with van der Waals surface area (Å²) in [6.07, 6.45) is 4.56. The number of benzene rings is 2. The van der Waals surface area contributed by atoms with E-state index in [1.165, 1.54) is 12.8 Å². The fraction of sp³-hybridized carbons (Fsp3) is 0.533. The van der Waals surface area contributed by atoms with Crippen molar-refractivity contribution in [3.8, 4) is 17.2 Å². The summed E-state index contributed by atoms with van der Waals surface area (Å²) in [6, 6.07) is 5.84. The van der Waals surface area contributed by atoms with Gasteiger partial charge in [0.1, 0.15) is 11.6 Å². The predicted octanol–water partition coefficient (Wildman–Crippen LogP) is 6.31. The van der Waals surface area contributed by atoms with Crippen LogP contribution >= 0.6 is 0 Å². The minimum atomic E-state index is -0.615. The second-order valence-electron chi connectivity index (χ2n) is 11.0. The minimum absolute atomic E-state index is 0.0126. The number of amidine groups is 1. The molecule has 0 bridgehead atoms. The number of halogens is 1. The van der Waals surface area contributed by atoms with Crippen molar-refractivity contribution in [2.45, 2.75) is 78.3 Å². The lowest BCUT2D eigenvalue weighted by Gasteiger charge is -2.27. The Labute approximate surface area is 225 Å². The topological polar surface area (TPSA) is 83.9 Å². The normalized spacial score (nSPS) is 15.6. The Morgan fingerprint density at radius 3 is 2.39 bits per heavy atom. The summed E-state index contributed by atoms with van der Waals surface area (Å²) in [7, 11) is 1.66. The molecule has 1 saturated carbocycles. The van der Waals surface area contributed by atoms with E-state index >= 15 is 4.39 Å². The van der Waals surface area contributed by atoms with Crippen LogP contribution in [0, 0.1) is 11.2 Å². The predicted molar refractivity (Wildman–Crippen MR) is 148 cm³/mol. The highest BCUT2D eigenvalue weighted by molar-refractivity contribution is 6.06. The Morgan fingerprint density at radius 2 is 1.79 bits per heavy atom. The number of carbonyl (C=O) groups excluding carboxylic acids is 1. The first-order valence-corrected chi connectivity index (χ1v) is 13.6. The van der Waals surface area contributed by atoms with Crippen molar-refractivity contribution in [1.29, 1.82) is 5.41 Å². The maximum atomic E-state index is 15.5. The van der Waals surface area contributed by atoms with E-state index in [1.807, 2.05) is 19.1 Å². The van der Waals surface area contributed by atoms with Crippen LogP contribution in [-0.4, -0.2) is 49.4 Å². The van der Waals surface area contributed by atoms with Gasteiger partial charge >= 0.3 is 0 Å². The van der Waals surface area contributed by atoms with Crippen LogP contribution in [0.15, 0.2) is 18.2 Å². The van der Waals surface area contributed by atoms with Crippen LogP contribution in [0.5, 0.6) is 17.2 Å². The van der Waals surface area contributed by atoms with Crippen LogP contribution in [0.2, 0.25) is 0 Å². The van der Waals surface area contributed by atoms with Crippen molar-refractivity contribution in [2.24, 2.45) is 0 Å². The van der Waals surface area contributed by atoms with Crippen LogP contribution < -0.4 is 19.5 Å². The van der Waals surface area contributed by atoms with Crippen LogP contribution in [0.1, 0.15) is 87.4 Å². The van der Waals surface area contributed by atoms with E-state index in [9.17, 15) is 4.79 Å². The summed E-state index contributed by atoms with van der Waals surface area (Å²) in [5, 5.41) is 12.3. The summed E-state index contributed by atoms with van der Waals surface area (Å²) in [5.41, 5.74) is 2.84. The van der Waals surface area contributed by atoms with Gasteiger partial charge in [0.2, 0.25) is 0 Å². The molecule has 2 aliphatic rings. The van der Waals surface area contributed by atoms with Crippen molar-refractivity contribution in [3.05, 3.63) is 46.3 Å². The molecule has 2 aromatic rings. The van der Waals surface area contributed by atoms with Crippen LogP contribution in [-0.2, 0) is 12.0 Å². The summed E-state index contributed by atoms with van der Waals surface area (Å²) in [6.45, 7) is 10.7. The molecule has 1 aliphatic heterocycles. The Hall–Kier alpha value is -3.29. The summed E-state index contributed by atoms with van der Waals surface area (Å²) < 4.78 is 32.4. The average molecular weight is 526 g/mol. The van der Waals surface area contributed by atoms with E-state index in [1.54, 1.807) is 25.0 Å². The van der Waals surface area contributed by atoms with Gasteiger partial charge in [0.15, 0.2) is 23.1 Å². The Bertz CT molecular complexity index is 1220. The number of nitrogens with zero attached hydrogens (tertiary/aromatic N) is 1. The molecule has 8 heteroatoms. The highest BCUT2D eigenvalue weighted by atomic mass is 19.1. The number of hydrogen-bond acceptors (Lipinski definition) is 6. The number of anilines is 1. The number of fused-ring (bicyclic) bond motifs is 1. The lowest BCUT2D eigenvalue weighted by molar-refractivity contribution is 0.0962. The van der Waals surface area contributed by atoms with Crippen molar-refractivity contribution in [1.82, 2.24) is 4.90 Å². The molecule has 7 nitrogen and oxygen atoms in total. The first-order valence-electron chi connectivity index (χ1n) is 13.6. The molecule has 1 aliphatic carbocycles. The van der Waals surface area contributed by atoms with Crippen LogP contribution in [0.25, 0.3) is 0 Å². The molecule has 0 amide bonds. The summed E-state index contributed by atoms with van der Waals surface area (Å²) in [5.74, 6) is 0.314. The zero-order valence-electron chi connectivity index (χ0n) is 23.4. The molecule has 0 atom stereocenters. The molecule has 0 saturated heterocycles. The third-order valence-electron chi connectivity index (χ3n) is 7.24. The second-order valence-corrected chi connectivity index (χ2v) is 11.0. The number of Topliss-reactive ketones (excluding diaryl/α,β-unsaturated/α-hetero) is 1. The maximum absolute atomic E-state index is 15.5. The molecule has 0 radical (unpaired) electrons. The molecule has 38 heavy (non-hydrogen) atoms. The fourth-order valence-corrected chi connectivity index (χ4v) is 5.39. The average Bonchev–Trinajstić information content (AvgIpc) is 3.48. The van der Waals surface area contributed by atoms with E-state index in [0.29, 0.717) is 29.5 Å². The monoisotopic (exact) mass is 525 g/mol. The van der Waals surface area contributed by atoms with Gasteiger partial charge in [-0.3, -0.25) is 10.2 Å². The number of nitrogens with one attached hydrogen (secondary N) is 2. The van der Waals surface area contributed by atoms with Crippen LogP contribution in [0.4, 0.5) is 10.1 Å². The Kier molecular flexibility index (Phi) is 8.19. The zero-order chi connectivity index (χ0) is 27.6. The van der Waals surface area contributed by atoms with Crippen molar-refractivity contribution in [3.63, 3.8) is 0 Å². The molecule has 0 unspecified atom stereocenters. The van der Waals surface area contributed by atoms with Gasteiger partial charge in [0.05, 0.1) is 38.1 Å². The molecule has 2 N–H and O–H groups in total. The first-order chi connectivity index (χ1) is 18.1. The van der Waals surface area contributed by atoms with E-state index in [0.717, 1.165) is 29.8 Å². The number of carbonyl (C=O) groups is 1. The highest BCUT2D eigenvalue weighted by Gasteiger charge is 2.34. The molecule has 4 rings (SSSR count). The number of methoxy groups -OCH3 is 1. The summed E-state index contributed by atoms with van der Waals surface area (Å²) >= 11 is 0. The van der Waals surface area contributed by atoms with Crippen molar-refractivity contribution >= 4 is 17.3 Å². The molecule has 1 fully saturated rings. The van der Waals surface area contributed by atoms with Crippen LogP contribution in [0.3, 0.4) is 0 Å². The number of hydrogen-bond donors (Lipinski definition) is 2. The third-order valence-corrected chi connectivity index (χ3v) is 7.24. The van der Waals surface area contributed by atoms with Crippen molar-refractivity contribution in [2.75, 3.05) is 32.2 Å². The van der Waals surface area contributed by atoms with E-state index < -0.39 is 5.82 Å². The van der Waals surface area contributed by atoms with Gasteiger partial charge in [-0.15, -0.1) is 0 Å². The molecular weight excluding hydrogens is 485 g/mol. The van der Waals surface area contributed by atoms with E-state index in [2.05, 4.69) is 26.1 Å². The van der Waals surface area contributed by atoms with Crippen molar-refractivity contribution < 1.29 is 23.4 Å². The lowest BCUT2D eigenvalue weighted by Crippen LogP contribution is -2.31. The van der Waals surface area contributed by atoms with Gasteiger partial charge < -0.3 is 24.4 Å². The quantitative estimate of drug-likeness (QED) is 0.354. The molecular formula is C30H40FN3O4. The maximum Gasteiger partial charge on any atom is 0.197 e. The van der Waals surface area contributed by atoms with Gasteiger partial charge in [-0.2, -0.15) is 0 Å². The zero-order valence-corrected chi connectivity index (χ0v) is 23.4. The first kappa shape index (κ1) is 27.7. The standard InChI is InChI=1S/C30H40FN3O4/c1-7-37-24-15-19-16-34(29(32)25(19)26(31)28(24)38-8-2)17-23(35)18-13-21(30(3,4)5)27(36-6)22(14-18)33-20-11-9-10-12-20/h13-15,20,32-33H,7-12,16-17H2,1-6H3. The van der Waals surface area contributed by atoms with Gasteiger partial charge in [-0.25, -0.2) is 4.39 Å². The van der Waals surface area contributed by atoms with Gasteiger partial charge in [0, 0.05) is 23.7 Å². The smallest absolute Gasteiger partial charge is 0.197 e. The van der Waals surface area contributed by atoms with E-state index in [-0.39, 0.29) is 48.0 Å². The Balaban J connectivity index is 1.64. The number of ether oxygens (including phenoxy) is 3. The number of rotatable bonds is 10. The lowest BCUT2D eigenvalue weighted by atomic mass is 9.84. The highest BCUT2D eigenvalue weighted by Crippen LogP contribution is 2.41. The second kappa shape index (κ2) is 11.2. The molecule has 2 aromatic carbocycles. The molecule has 206 valence electrons. The van der Waals surface area contributed by atoms with Gasteiger partial charge in [-0.1, -0.05) is 33.6 Å². The summed E-state index contributed by atoms with van der Waals surface area (Å²) in [4.78, 5) is 15.2. The SMILES string of the molecule is CCOc1cc2c(c(F)c1OCC)C(=N)N(CC(=O)c1cc(NC3CCCC3)c(OC)c(C(C)(C)C)c1)C2. The Morgan fingerprint density at radius 1 is 1.11 bits per heavy atom. The minimum Gasteiger partial charge on any atom is -0.494 e. The molecule has 0 spiro atoms. The largest absolute Gasteiger partial charge is 0.494 e. The van der Waals surface area contributed by atoms with Gasteiger partial charge in [-0.05, 0) is 55.9 Å². The third kappa shape index (κ3) is 5.45. The van der Waals surface area contributed by atoms with Gasteiger partial charge in [0.25, 0.3) is 0 Å². The fourth-order valence-electron chi connectivity index (χ4n) is 5.39.